The first-order chi connectivity index (χ1) is 17.9. The van der Waals surface area contributed by atoms with E-state index in [1.807, 2.05) is 27.7 Å². The lowest BCUT2D eigenvalue weighted by molar-refractivity contribution is -0.120. The van der Waals surface area contributed by atoms with E-state index in [1.165, 1.54) is 12.1 Å². The van der Waals surface area contributed by atoms with Gasteiger partial charge < -0.3 is 9.84 Å². The molecule has 10 nitrogen and oxygen atoms in total. The van der Waals surface area contributed by atoms with Gasteiger partial charge >= 0.3 is 0 Å². The average Bonchev–Trinajstić information content (AvgIpc) is 3.44. The third-order valence-electron chi connectivity index (χ3n) is 6.34. The van der Waals surface area contributed by atoms with Crippen molar-refractivity contribution in [3.8, 4) is 22.8 Å². The van der Waals surface area contributed by atoms with Gasteiger partial charge in [0.25, 0.3) is 15.9 Å². The van der Waals surface area contributed by atoms with Crippen LogP contribution in [0.1, 0.15) is 46.4 Å². The molecular formula is C27H28N6O4S. The van der Waals surface area contributed by atoms with Crippen molar-refractivity contribution >= 4 is 27.3 Å². The van der Waals surface area contributed by atoms with Crippen LogP contribution in [0.5, 0.6) is 0 Å². The van der Waals surface area contributed by atoms with Gasteiger partial charge in [0.2, 0.25) is 11.7 Å². The van der Waals surface area contributed by atoms with Crippen molar-refractivity contribution < 1.29 is 17.7 Å². The predicted octanol–water partition coefficient (Wildman–Crippen LogP) is 5.03. The number of rotatable bonds is 7. The number of nitrogens with zero attached hydrogens (tertiary/aromatic N) is 4. The Hall–Kier alpha value is -4.12. The lowest BCUT2D eigenvalue weighted by Gasteiger charge is -2.15. The summed E-state index contributed by atoms with van der Waals surface area (Å²) in [5.41, 5.74) is 1.54. The van der Waals surface area contributed by atoms with Crippen molar-refractivity contribution in [2.45, 2.75) is 50.8 Å². The molecule has 1 fully saturated rings. The summed E-state index contributed by atoms with van der Waals surface area (Å²) >= 11 is 0. The van der Waals surface area contributed by atoms with Gasteiger partial charge in [-0.05, 0) is 55.3 Å². The zero-order valence-corrected chi connectivity index (χ0v) is 22.3. The molecule has 1 amide bonds. The standard InChI is InChI=1S/C27H28N6O4S/c1-26(2,3)24-28-15-18(16-29-24)23-31-22(32-37-23)17-8-10-21(11-9-17)38(35,36)33-20-7-5-6-19(14-20)30-25(34)27(4)12-13-27/h5-11,14-16,33H,12-13H2,1-4H3,(H,30,34). The molecule has 196 valence electrons. The van der Waals surface area contributed by atoms with Gasteiger partial charge in [0.15, 0.2) is 0 Å². The second-order valence-corrected chi connectivity index (χ2v) is 12.4. The van der Waals surface area contributed by atoms with E-state index in [0.717, 1.165) is 12.8 Å². The topological polar surface area (TPSA) is 140 Å². The maximum absolute atomic E-state index is 13.0. The van der Waals surface area contributed by atoms with Crippen LogP contribution in [0.15, 0.2) is 70.3 Å². The molecule has 0 spiro atoms. The second-order valence-electron chi connectivity index (χ2n) is 10.7. The van der Waals surface area contributed by atoms with Crippen LogP contribution < -0.4 is 10.0 Å². The fraction of sp³-hybridized carbons (Fsp3) is 0.296. The zero-order chi connectivity index (χ0) is 27.1. The summed E-state index contributed by atoms with van der Waals surface area (Å²) in [6, 6.07) is 12.8. The van der Waals surface area contributed by atoms with Gasteiger partial charge in [-0.1, -0.05) is 38.9 Å². The molecule has 0 radical (unpaired) electrons. The van der Waals surface area contributed by atoms with E-state index in [4.69, 9.17) is 4.52 Å². The number of benzene rings is 2. The molecule has 4 aromatic rings. The van der Waals surface area contributed by atoms with Crippen molar-refractivity contribution in [1.29, 1.82) is 0 Å². The normalized spacial score (nSPS) is 14.6. The highest BCUT2D eigenvalue weighted by Crippen LogP contribution is 2.45. The lowest BCUT2D eigenvalue weighted by atomic mass is 9.96. The smallest absolute Gasteiger partial charge is 0.261 e. The number of carbonyl (C=O) groups is 1. The Morgan fingerprint density at radius 3 is 2.26 bits per heavy atom. The molecule has 0 unspecified atom stereocenters. The van der Waals surface area contributed by atoms with Crippen LogP contribution in [-0.2, 0) is 20.2 Å². The predicted molar refractivity (Wildman–Crippen MR) is 143 cm³/mol. The molecule has 2 heterocycles. The fourth-order valence-electron chi connectivity index (χ4n) is 3.64. The fourth-order valence-corrected chi connectivity index (χ4v) is 4.69. The third kappa shape index (κ3) is 5.42. The van der Waals surface area contributed by atoms with Crippen molar-refractivity contribution in [1.82, 2.24) is 20.1 Å². The molecule has 0 saturated heterocycles. The summed E-state index contributed by atoms with van der Waals surface area (Å²) in [5, 5.41) is 6.86. The minimum atomic E-state index is -3.87. The average molecular weight is 533 g/mol. The van der Waals surface area contributed by atoms with Crippen LogP contribution in [-0.4, -0.2) is 34.4 Å². The van der Waals surface area contributed by atoms with E-state index in [1.54, 1.807) is 48.8 Å². The molecule has 2 N–H and O–H groups in total. The van der Waals surface area contributed by atoms with Gasteiger partial charge in [0, 0.05) is 34.5 Å². The molecule has 1 saturated carbocycles. The van der Waals surface area contributed by atoms with E-state index in [-0.39, 0.29) is 27.5 Å². The molecule has 1 aliphatic carbocycles. The van der Waals surface area contributed by atoms with E-state index in [9.17, 15) is 13.2 Å². The number of nitrogens with one attached hydrogen (secondary N) is 2. The first-order valence-corrected chi connectivity index (χ1v) is 13.6. The van der Waals surface area contributed by atoms with Crippen molar-refractivity contribution in [2.75, 3.05) is 10.0 Å². The van der Waals surface area contributed by atoms with Gasteiger partial charge in [-0.2, -0.15) is 4.98 Å². The number of carbonyl (C=O) groups excluding carboxylic acids is 1. The van der Waals surface area contributed by atoms with Crippen molar-refractivity contribution in [2.24, 2.45) is 5.41 Å². The minimum absolute atomic E-state index is 0.0628. The summed E-state index contributed by atoms with van der Waals surface area (Å²) in [4.78, 5) is 25.5. The molecule has 1 aliphatic rings. The van der Waals surface area contributed by atoms with Crippen molar-refractivity contribution in [3.05, 3.63) is 66.7 Å². The van der Waals surface area contributed by atoms with Crippen LogP contribution in [0.4, 0.5) is 11.4 Å². The van der Waals surface area contributed by atoms with Crippen molar-refractivity contribution in [3.63, 3.8) is 0 Å². The van der Waals surface area contributed by atoms with Gasteiger partial charge in [-0.25, -0.2) is 18.4 Å². The summed E-state index contributed by atoms with van der Waals surface area (Å²) < 4.78 is 33.9. The monoisotopic (exact) mass is 532 g/mol. The third-order valence-corrected chi connectivity index (χ3v) is 7.74. The minimum Gasteiger partial charge on any atom is -0.333 e. The molecule has 0 bridgehead atoms. The molecule has 0 atom stereocenters. The van der Waals surface area contributed by atoms with Gasteiger partial charge in [-0.15, -0.1) is 0 Å². The Morgan fingerprint density at radius 1 is 0.974 bits per heavy atom. The zero-order valence-electron chi connectivity index (χ0n) is 21.5. The highest BCUT2D eigenvalue weighted by Gasteiger charge is 2.44. The molecule has 5 rings (SSSR count). The van der Waals surface area contributed by atoms with Crippen LogP contribution in [0.25, 0.3) is 22.8 Å². The van der Waals surface area contributed by atoms with Gasteiger partial charge in [0.1, 0.15) is 5.82 Å². The molecule has 38 heavy (non-hydrogen) atoms. The van der Waals surface area contributed by atoms with Gasteiger partial charge in [-0.3, -0.25) is 9.52 Å². The van der Waals surface area contributed by atoms with E-state index < -0.39 is 10.0 Å². The summed E-state index contributed by atoms with van der Waals surface area (Å²) in [7, 11) is -3.87. The molecule has 11 heteroatoms. The number of amides is 1. The highest BCUT2D eigenvalue weighted by molar-refractivity contribution is 7.92. The first-order valence-electron chi connectivity index (χ1n) is 12.1. The Balaban J connectivity index is 1.28. The van der Waals surface area contributed by atoms with Crippen LogP contribution >= 0.6 is 0 Å². The van der Waals surface area contributed by atoms with Crippen LogP contribution in [0.3, 0.4) is 0 Å². The summed E-state index contributed by atoms with van der Waals surface area (Å²) in [6.07, 6.45) is 4.98. The van der Waals surface area contributed by atoms with E-state index >= 15 is 0 Å². The number of hydrogen-bond acceptors (Lipinski definition) is 8. The summed E-state index contributed by atoms with van der Waals surface area (Å²) in [5.74, 6) is 1.22. The lowest BCUT2D eigenvalue weighted by Crippen LogP contribution is -2.21. The van der Waals surface area contributed by atoms with E-state index in [0.29, 0.717) is 34.2 Å². The molecule has 2 aromatic heterocycles. The number of anilines is 2. The van der Waals surface area contributed by atoms with Crippen LogP contribution in [0.2, 0.25) is 0 Å². The Morgan fingerprint density at radius 2 is 1.63 bits per heavy atom. The quantitative estimate of drug-likeness (QED) is 0.338. The SMILES string of the molecule is CC1(C(=O)Nc2cccc(NS(=O)(=O)c3ccc(-c4noc(-c5cnc(C(C)(C)C)nc5)n4)cc3)c2)CC1. The summed E-state index contributed by atoms with van der Waals surface area (Å²) in [6.45, 7) is 7.99. The highest BCUT2D eigenvalue weighted by atomic mass is 32.2. The first kappa shape index (κ1) is 25.5. The van der Waals surface area contributed by atoms with Gasteiger partial charge in [0.05, 0.1) is 16.1 Å². The number of sulfonamides is 1. The Labute approximate surface area is 221 Å². The van der Waals surface area contributed by atoms with Crippen LogP contribution in [0, 0.1) is 5.41 Å². The largest absolute Gasteiger partial charge is 0.333 e. The molecule has 0 aliphatic heterocycles. The Kier molecular flexibility index (Phi) is 6.26. The number of aromatic nitrogens is 4. The van der Waals surface area contributed by atoms with E-state index in [2.05, 4.69) is 30.1 Å². The molecular weight excluding hydrogens is 504 g/mol. The number of hydrogen-bond donors (Lipinski definition) is 2. The molecule has 2 aromatic carbocycles. The Bertz CT molecular complexity index is 1590. The second kappa shape index (κ2) is 9.32. The maximum atomic E-state index is 13.0. The maximum Gasteiger partial charge on any atom is 0.261 e.